The van der Waals surface area contributed by atoms with Crippen LogP contribution in [0, 0.1) is 23.1 Å². The zero-order chi connectivity index (χ0) is 28.7. The molecule has 41 heavy (non-hydrogen) atoms. The fourth-order valence-corrected chi connectivity index (χ4v) is 5.73. The number of hydrogen-bond donors (Lipinski definition) is 0. The van der Waals surface area contributed by atoms with Crippen LogP contribution in [0.3, 0.4) is 0 Å². The molecule has 208 valence electrons. The first kappa shape index (κ1) is 27.0. The van der Waals surface area contributed by atoms with Gasteiger partial charge in [0.25, 0.3) is 0 Å². The molecule has 2 aromatic heterocycles. The van der Waals surface area contributed by atoms with Crippen molar-refractivity contribution in [2.75, 3.05) is 6.54 Å². The number of amides is 1. The van der Waals surface area contributed by atoms with Gasteiger partial charge in [-0.05, 0) is 0 Å². The molecule has 2 fully saturated rings. The van der Waals surface area contributed by atoms with Crippen LogP contribution in [0.5, 0.6) is 11.5 Å². The molecule has 2 aromatic carbocycles. The van der Waals surface area contributed by atoms with E-state index in [1.54, 1.807) is 30.3 Å². The molecule has 2 atom stereocenters. The summed E-state index contributed by atoms with van der Waals surface area (Å²) in [7, 11) is 0. The molecule has 6 rings (SSSR count). The van der Waals surface area contributed by atoms with Gasteiger partial charge in [0.15, 0.2) is 0 Å². The third kappa shape index (κ3) is 5.57. The van der Waals surface area contributed by atoms with Crippen molar-refractivity contribution in [1.29, 1.82) is 5.26 Å². The van der Waals surface area contributed by atoms with Gasteiger partial charge in [-0.15, -0.1) is 0 Å². The van der Waals surface area contributed by atoms with Gasteiger partial charge >= 0.3 is 242 Å². The van der Waals surface area contributed by atoms with Crippen LogP contribution >= 0.6 is 0 Å². The van der Waals surface area contributed by atoms with E-state index in [9.17, 15) is 18.8 Å². The Balaban J connectivity index is 1.34. The van der Waals surface area contributed by atoms with E-state index in [-0.39, 0.29) is 29.3 Å². The molecule has 1 saturated heterocycles. The van der Waals surface area contributed by atoms with Crippen molar-refractivity contribution < 1.29 is 22.7 Å². The fraction of sp³-hybridized carbons (Fsp3) is 0.276. The van der Waals surface area contributed by atoms with Gasteiger partial charge in [-0.3, -0.25) is 0 Å². The number of allylic oxidation sites excluding steroid dienone is 1. The number of halogens is 3. The topological polar surface area (TPSA) is 96.9 Å². The number of carbonyl (C=O) groups is 1. The SMILES string of the molecule is N#CC(=CC1CC1)C(=O)N1CC(F)(F)C[C@H]1Cn1nc(-c2ccc(Oc3ccccc3)cc2F)c2c([AsH2])ncnc21. The standard InChI is InChI=1S/C29H24AsF3N6O2/c30-26-24-25(22-9-8-21(11-23(22)31)41-20-4-2-1-3-5-20)37-39(27(24)36-16-35-26)14-19-12-29(32,33)15-38(19)28(40)18(13-34)10-17-6-7-17/h1-5,8-11,16-17,19H,6-7,12,14-15,30H2/t19-/m0/s1. The number of hydrogen-bond acceptors (Lipinski definition) is 6. The summed E-state index contributed by atoms with van der Waals surface area (Å²) in [6, 6.07) is 14.3. The van der Waals surface area contributed by atoms with Crippen LogP contribution in [0.2, 0.25) is 0 Å². The molecule has 8 nitrogen and oxygen atoms in total. The molecule has 1 amide bonds. The van der Waals surface area contributed by atoms with Gasteiger partial charge in [-0.25, -0.2) is 0 Å². The number of alkyl halides is 2. The van der Waals surface area contributed by atoms with Crippen LogP contribution < -0.4 is 9.22 Å². The van der Waals surface area contributed by atoms with Crippen molar-refractivity contribution in [3.8, 4) is 28.8 Å². The first-order valence-corrected chi connectivity index (χ1v) is 14.2. The Morgan fingerprint density at radius 1 is 1.17 bits per heavy atom. The van der Waals surface area contributed by atoms with E-state index >= 15 is 4.39 Å². The normalized spacial score (nSPS) is 18.5. The first-order valence-electron chi connectivity index (χ1n) is 13.0. The second-order valence-electron chi connectivity index (χ2n) is 10.2. The van der Waals surface area contributed by atoms with Crippen LogP contribution in [0.15, 0.2) is 66.5 Å². The summed E-state index contributed by atoms with van der Waals surface area (Å²) in [5.41, 5.74) is 0.654. The second-order valence-corrected chi connectivity index (χ2v) is 11.4. The number of carbonyl (C=O) groups excluding carboxylic acids is 1. The number of para-hydroxylation sites is 1. The molecule has 2 aliphatic rings. The third-order valence-electron chi connectivity index (χ3n) is 7.13. The molecule has 0 N–H and O–H groups in total. The quantitative estimate of drug-likeness (QED) is 0.177. The van der Waals surface area contributed by atoms with E-state index in [0.717, 1.165) is 17.7 Å². The maximum atomic E-state index is 15.5. The van der Waals surface area contributed by atoms with E-state index in [1.165, 1.54) is 33.9 Å². The van der Waals surface area contributed by atoms with Crippen LogP contribution in [0.25, 0.3) is 22.3 Å². The molecule has 0 radical (unpaired) electrons. The van der Waals surface area contributed by atoms with E-state index < -0.39 is 36.7 Å². The Labute approximate surface area is 241 Å². The van der Waals surface area contributed by atoms with Crippen LogP contribution in [-0.4, -0.2) is 65.9 Å². The van der Waals surface area contributed by atoms with Gasteiger partial charge in [0, 0.05) is 0 Å². The molecule has 4 aromatic rings. The molecular formula is C29H24AsF3N6O2. The van der Waals surface area contributed by atoms with Crippen LogP contribution in [0.1, 0.15) is 19.3 Å². The fourth-order valence-electron chi connectivity index (χ4n) is 5.03. The van der Waals surface area contributed by atoms with Gasteiger partial charge < -0.3 is 0 Å². The van der Waals surface area contributed by atoms with Gasteiger partial charge in [-0.2, -0.15) is 0 Å². The molecule has 1 aliphatic heterocycles. The summed E-state index contributed by atoms with van der Waals surface area (Å²) in [4.78, 5) is 22.8. The molecule has 3 heterocycles. The predicted molar refractivity (Wildman–Crippen MR) is 147 cm³/mol. The van der Waals surface area contributed by atoms with E-state index in [2.05, 4.69) is 15.1 Å². The number of nitriles is 1. The number of aromatic nitrogens is 4. The van der Waals surface area contributed by atoms with E-state index in [0.29, 0.717) is 27.0 Å². The minimum atomic E-state index is -3.12. The van der Waals surface area contributed by atoms with Gasteiger partial charge in [0.05, 0.1) is 0 Å². The van der Waals surface area contributed by atoms with Gasteiger partial charge in [0.2, 0.25) is 0 Å². The third-order valence-corrected chi connectivity index (χ3v) is 8.05. The summed E-state index contributed by atoms with van der Waals surface area (Å²) in [6.07, 6.45) is 4.06. The summed E-state index contributed by atoms with van der Waals surface area (Å²) in [5.74, 6) is -3.44. The number of nitrogens with zero attached hydrogens (tertiary/aromatic N) is 6. The molecule has 0 bridgehead atoms. The number of benzene rings is 2. The Bertz CT molecular complexity index is 1720. The zero-order valence-corrected chi connectivity index (χ0v) is 24.1. The number of rotatable bonds is 7. The summed E-state index contributed by atoms with van der Waals surface area (Å²) in [6.45, 7) is -0.902. The number of fused-ring (bicyclic) bond motifs is 1. The Morgan fingerprint density at radius 2 is 1.95 bits per heavy atom. The molecular weight excluding hydrogens is 596 g/mol. The van der Waals surface area contributed by atoms with Crippen LogP contribution in [-0.2, 0) is 11.3 Å². The zero-order valence-electron chi connectivity index (χ0n) is 21.7. The van der Waals surface area contributed by atoms with E-state index in [1.807, 2.05) is 24.3 Å². The van der Waals surface area contributed by atoms with Crippen LogP contribution in [0.4, 0.5) is 13.2 Å². The first-order chi connectivity index (χ1) is 19.7. The summed E-state index contributed by atoms with van der Waals surface area (Å²) in [5, 5.41) is 14.6. The second kappa shape index (κ2) is 10.7. The van der Waals surface area contributed by atoms with E-state index in [4.69, 9.17) is 4.74 Å². The Morgan fingerprint density at radius 3 is 2.66 bits per heavy atom. The Hall–Kier alpha value is -4.16. The van der Waals surface area contributed by atoms with Gasteiger partial charge in [0.1, 0.15) is 0 Å². The average Bonchev–Trinajstić information content (AvgIpc) is 3.62. The van der Waals surface area contributed by atoms with Crippen molar-refractivity contribution >= 4 is 38.3 Å². The molecule has 12 heteroatoms. The summed E-state index contributed by atoms with van der Waals surface area (Å²) < 4.78 is 52.5. The molecule has 1 unspecified atom stereocenters. The molecule has 1 aliphatic carbocycles. The Kier molecular flexibility index (Phi) is 7.04. The number of likely N-dealkylation sites (tertiary alicyclic amines) is 1. The van der Waals surface area contributed by atoms with Crippen molar-refractivity contribution in [2.24, 2.45) is 5.92 Å². The van der Waals surface area contributed by atoms with Crippen molar-refractivity contribution in [3.05, 3.63) is 72.3 Å². The average molecular weight is 620 g/mol. The number of ether oxygens (including phenoxy) is 1. The maximum absolute atomic E-state index is 15.5. The minimum absolute atomic E-state index is 0.111. The summed E-state index contributed by atoms with van der Waals surface area (Å²) >= 11 is 1.18. The molecule has 1 saturated carbocycles. The van der Waals surface area contributed by atoms with Crippen molar-refractivity contribution in [3.63, 3.8) is 0 Å². The predicted octanol–water partition coefficient (Wildman–Crippen LogP) is 3.78. The van der Waals surface area contributed by atoms with Crippen molar-refractivity contribution in [1.82, 2.24) is 24.6 Å². The van der Waals surface area contributed by atoms with Crippen molar-refractivity contribution in [2.45, 2.75) is 37.8 Å². The van der Waals surface area contributed by atoms with Gasteiger partial charge in [-0.1, -0.05) is 0 Å². The molecule has 0 spiro atoms. The monoisotopic (exact) mass is 620 g/mol.